The Morgan fingerprint density at radius 1 is 1.11 bits per heavy atom. The van der Waals surface area contributed by atoms with E-state index in [1.807, 2.05) is 31.2 Å². The number of fused-ring (bicyclic) bond motifs is 1. The average molecular weight is 362 g/mol. The van der Waals surface area contributed by atoms with Gasteiger partial charge in [-0.3, -0.25) is 9.48 Å². The number of aromatic nitrogens is 5. The molecule has 2 N–H and O–H groups in total. The Morgan fingerprint density at radius 2 is 1.96 bits per heavy atom. The van der Waals surface area contributed by atoms with Crippen LogP contribution in [0.4, 0.5) is 5.82 Å². The Morgan fingerprint density at radius 3 is 2.74 bits per heavy atom. The third-order valence-corrected chi connectivity index (χ3v) is 4.20. The van der Waals surface area contributed by atoms with Crippen LogP contribution in [-0.4, -0.2) is 35.8 Å². The fraction of sp³-hybridized carbons (Fsp3) is 0.158. The van der Waals surface area contributed by atoms with Crippen molar-refractivity contribution in [2.75, 3.05) is 5.32 Å². The van der Waals surface area contributed by atoms with Gasteiger partial charge in [0.1, 0.15) is 12.3 Å². The molecule has 0 radical (unpaired) electrons. The number of rotatable bonds is 5. The van der Waals surface area contributed by atoms with Crippen LogP contribution in [0.1, 0.15) is 6.92 Å². The van der Waals surface area contributed by atoms with Crippen molar-refractivity contribution in [2.45, 2.75) is 20.0 Å². The van der Waals surface area contributed by atoms with Crippen LogP contribution in [0.3, 0.4) is 0 Å². The van der Waals surface area contributed by atoms with E-state index in [1.54, 1.807) is 29.1 Å². The summed E-state index contributed by atoms with van der Waals surface area (Å²) in [5.74, 6) is 0.421. The van der Waals surface area contributed by atoms with Crippen LogP contribution in [0, 0.1) is 0 Å². The summed E-state index contributed by atoms with van der Waals surface area (Å²) in [7, 11) is 0. The summed E-state index contributed by atoms with van der Waals surface area (Å²) in [6.07, 6.45) is 3.24. The number of nitrogens with zero attached hydrogens (tertiary/aromatic N) is 5. The number of carbonyl (C=O) groups excluding carboxylic acids is 1. The van der Waals surface area contributed by atoms with Crippen LogP contribution in [0.25, 0.3) is 22.0 Å². The summed E-state index contributed by atoms with van der Waals surface area (Å²) in [4.78, 5) is 13.8. The molecule has 2 heterocycles. The van der Waals surface area contributed by atoms with Crippen LogP contribution < -0.4 is 5.32 Å². The molecule has 0 unspecified atom stereocenters. The van der Waals surface area contributed by atoms with Gasteiger partial charge in [-0.1, -0.05) is 18.2 Å². The van der Waals surface area contributed by atoms with E-state index in [4.69, 9.17) is 0 Å². The predicted molar refractivity (Wildman–Crippen MR) is 101 cm³/mol. The highest BCUT2D eigenvalue weighted by Gasteiger charge is 2.11. The number of anilines is 1. The number of phenolic OH excluding ortho intramolecular Hbond substituents is 1. The molecule has 2 aromatic heterocycles. The zero-order valence-electron chi connectivity index (χ0n) is 14.7. The van der Waals surface area contributed by atoms with Crippen LogP contribution >= 0.6 is 0 Å². The smallest absolute Gasteiger partial charge is 0.247 e. The molecule has 0 spiro atoms. The summed E-state index contributed by atoms with van der Waals surface area (Å²) in [6.45, 7) is 2.64. The van der Waals surface area contributed by atoms with Crippen LogP contribution in [0.15, 0.2) is 54.9 Å². The maximum absolute atomic E-state index is 12.3. The molecule has 136 valence electrons. The van der Waals surface area contributed by atoms with Gasteiger partial charge in [-0.15, -0.1) is 5.10 Å². The van der Waals surface area contributed by atoms with Gasteiger partial charge in [-0.2, -0.15) is 15.0 Å². The molecule has 0 aliphatic rings. The molecular weight excluding hydrogens is 344 g/mol. The van der Waals surface area contributed by atoms with Crippen molar-refractivity contribution >= 4 is 22.6 Å². The van der Waals surface area contributed by atoms with Gasteiger partial charge in [-0.05, 0) is 42.3 Å². The lowest BCUT2D eigenvalue weighted by Gasteiger charge is -2.05. The maximum atomic E-state index is 12.3. The molecule has 4 aromatic rings. The van der Waals surface area contributed by atoms with Crippen molar-refractivity contribution in [1.82, 2.24) is 24.8 Å². The molecule has 2 aromatic carbocycles. The van der Waals surface area contributed by atoms with Crippen LogP contribution in [0.5, 0.6) is 5.75 Å². The van der Waals surface area contributed by atoms with Gasteiger partial charge in [0.2, 0.25) is 5.91 Å². The number of benzene rings is 2. The molecular formula is C19H18N6O2. The number of hydrogen-bond acceptors (Lipinski definition) is 5. The van der Waals surface area contributed by atoms with Gasteiger partial charge >= 0.3 is 0 Å². The number of aryl methyl sites for hydroxylation is 1. The number of amides is 1. The fourth-order valence-electron chi connectivity index (χ4n) is 2.90. The first-order chi connectivity index (χ1) is 13.1. The summed E-state index contributed by atoms with van der Waals surface area (Å²) in [5, 5.41) is 25.8. The second-order valence-electron chi connectivity index (χ2n) is 6.09. The number of carbonyl (C=O) groups is 1. The van der Waals surface area contributed by atoms with Crippen molar-refractivity contribution < 1.29 is 9.90 Å². The Labute approximate surface area is 155 Å². The van der Waals surface area contributed by atoms with Crippen molar-refractivity contribution in [3.05, 3.63) is 54.9 Å². The van der Waals surface area contributed by atoms with Gasteiger partial charge in [0, 0.05) is 5.39 Å². The topological polar surface area (TPSA) is 97.9 Å². The first-order valence-electron chi connectivity index (χ1n) is 8.57. The molecule has 0 atom stereocenters. The van der Waals surface area contributed by atoms with E-state index in [2.05, 4.69) is 20.6 Å². The second kappa shape index (κ2) is 6.91. The lowest BCUT2D eigenvalue weighted by atomic mass is 10.0. The van der Waals surface area contributed by atoms with Crippen molar-refractivity contribution in [3.63, 3.8) is 0 Å². The van der Waals surface area contributed by atoms with E-state index in [1.165, 1.54) is 11.0 Å². The number of aromatic hydroxyl groups is 1. The minimum atomic E-state index is -0.222. The Kier molecular flexibility index (Phi) is 4.29. The Balaban J connectivity index is 1.53. The third kappa shape index (κ3) is 3.50. The largest absolute Gasteiger partial charge is 0.508 e. The van der Waals surface area contributed by atoms with Crippen LogP contribution in [0.2, 0.25) is 0 Å². The van der Waals surface area contributed by atoms with Gasteiger partial charge in [0.05, 0.1) is 24.5 Å². The molecule has 0 fully saturated rings. The normalized spacial score (nSPS) is 11.0. The quantitative estimate of drug-likeness (QED) is 0.569. The van der Waals surface area contributed by atoms with E-state index in [0.29, 0.717) is 12.4 Å². The summed E-state index contributed by atoms with van der Waals surface area (Å²) >= 11 is 0. The van der Waals surface area contributed by atoms with Gasteiger partial charge in [-0.25, -0.2) is 0 Å². The summed E-state index contributed by atoms with van der Waals surface area (Å²) in [6, 6.07) is 12.9. The van der Waals surface area contributed by atoms with E-state index in [9.17, 15) is 9.90 Å². The first-order valence-corrected chi connectivity index (χ1v) is 8.57. The second-order valence-corrected chi connectivity index (χ2v) is 6.09. The highest BCUT2D eigenvalue weighted by atomic mass is 16.3. The van der Waals surface area contributed by atoms with Crippen molar-refractivity contribution in [3.8, 4) is 16.9 Å². The molecule has 8 nitrogen and oxygen atoms in total. The zero-order valence-corrected chi connectivity index (χ0v) is 14.7. The molecule has 0 saturated carbocycles. The standard InChI is InChI=1S/C19H18N6O2/c1-2-25-21-11-18(23-25)22-19(27)12-24-17-7-6-14(8-15(17)10-20-24)13-4-3-5-16(26)9-13/h3-11,26H,2,12H2,1H3,(H,22,23,27). The van der Waals surface area contributed by atoms with Gasteiger partial charge < -0.3 is 10.4 Å². The molecule has 0 bridgehead atoms. The highest BCUT2D eigenvalue weighted by Crippen LogP contribution is 2.26. The van der Waals surface area contributed by atoms with Crippen molar-refractivity contribution in [2.24, 2.45) is 0 Å². The Hall–Kier alpha value is -3.68. The first kappa shape index (κ1) is 16.8. The minimum Gasteiger partial charge on any atom is -0.508 e. The Bertz CT molecular complexity index is 1110. The SMILES string of the molecule is CCn1ncc(NC(=O)Cn2ncc3cc(-c4cccc(O)c4)ccc32)n1. The number of nitrogens with one attached hydrogen (secondary N) is 1. The van der Waals surface area contributed by atoms with E-state index < -0.39 is 0 Å². The predicted octanol–water partition coefficient (Wildman–Crippen LogP) is 2.66. The number of hydrogen-bond donors (Lipinski definition) is 2. The maximum Gasteiger partial charge on any atom is 0.247 e. The third-order valence-electron chi connectivity index (χ3n) is 4.20. The monoisotopic (exact) mass is 362 g/mol. The van der Waals surface area contributed by atoms with E-state index in [-0.39, 0.29) is 18.2 Å². The van der Waals surface area contributed by atoms with E-state index in [0.717, 1.165) is 22.0 Å². The summed E-state index contributed by atoms with van der Waals surface area (Å²) in [5.41, 5.74) is 2.74. The molecule has 1 amide bonds. The highest BCUT2D eigenvalue weighted by molar-refractivity contribution is 5.91. The number of phenols is 1. The van der Waals surface area contributed by atoms with E-state index >= 15 is 0 Å². The minimum absolute atomic E-state index is 0.0773. The lowest BCUT2D eigenvalue weighted by molar-refractivity contribution is -0.116. The molecule has 8 heteroatoms. The fourth-order valence-corrected chi connectivity index (χ4v) is 2.90. The average Bonchev–Trinajstić information content (AvgIpc) is 3.28. The molecule has 27 heavy (non-hydrogen) atoms. The molecule has 0 aliphatic carbocycles. The summed E-state index contributed by atoms with van der Waals surface area (Å²) < 4.78 is 1.64. The van der Waals surface area contributed by atoms with Crippen LogP contribution in [-0.2, 0) is 17.9 Å². The lowest BCUT2D eigenvalue weighted by Crippen LogP contribution is -2.19. The van der Waals surface area contributed by atoms with Gasteiger partial charge in [0.15, 0.2) is 5.82 Å². The molecule has 4 rings (SSSR count). The van der Waals surface area contributed by atoms with Crippen molar-refractivity contribution in [1.29, 1.82) is 0 Å². The molecule has 0 saturated heterocycles. The zero-order chi connectivity index (χ0) is 18.8. The van der Waals surface area contributed by atoms with Gasteiger partial charge in [0.25, 0.3) is 0 Å². The molecule has 0 aliphatic heterocycles.